The summed E-state index contributed by atoms with van der Waals surface area (Å²) in [6.45, 7) is 0. The van der Waals surface area contributed by atoms with Gasteiger partial charge in [0.25, 0.3) is 0 Å². The largest absolute Gasteiger partial charge is 0.309 e. The van der Waals surface area contributed by atoms with E-state index in [1.807, 2.05) is 0 Å². The molecule has 67 heavy (non-hydrogen) atoms. The lowest BCUT2D eigenvalue weighted by Crippen LogP contribution is -2.28. The molecule has 2 heterocycles. The topological polar surface area (TPSA) is 9.86 Å². The Kier molecular flexibility index (Phi) is 8.23. The van der Waals surface area contributed by atoms with E-state index in [9.17, 15) is 0 Å². The van der Waals surface area contributed by atoms with E-state index in [2.05, 4.69) is 264 Å². The fraction of sp³-hybridized carbons (Fsp3) is 0.0154. The van der Waals surface area contributed by atoms with Crippen molar-refractivity contribution in [3.63, 3.8) is 0 Å². The summed E-state index contributed by atoms with van der Waals surface area (Å²) < 4.78 is 4.99. The number of hydrogen-bond donors (Lipinski definition) is 0. The summed E-state index contributed by atoms with van der Waals surface area (Å²) in [4.78, 5) is 0. The van der Waals surface area contributed by atoms with Gasteiger partial charge in [-0.05, 0) is 104 Å². The molecular weight excluding hydrogens is 809 g/mol. The van der Waals surface area contributed by atoms with E-state index in [0.717, 1.165) is 5.69 Å². The molecule has 0 radical (unpaired) electrons. The van der Waals surface area contributed by atoms with Gasteiger partial charge in [-0.1, -0.05) is 206 Å². The molecule has 0 aliphatic heterocycles. The molecule has 2 nitrogen and oxygen atoms in total. The average Bonchev–Trinajstić information content (AvgIpc) is 4.03. The van der Waals surface area contributed by atoms with Crippen molar-refractivity contribution in [2.24, 2.45) is 0 Å². The van der Waals surface area contributed by atoms with Gasteiger partial charge in [-0.15, -0.1) is 0 Å². The standard InChI is InChI=1S/C65H42N2/c1-4-18-43(19-5-1)45-22-16-27-50(40-45)66-60-32-15-13-29-52(60)55-41-46(34-38-61(55)66)47-35-39-62-56(42-47)53-36-37-58-63(64(53)67(62)59-33-17-21-44-20-10-11-28-51(44)59)54-30-12-14-31-57(54)65(58,48-23-6-2-7-24-48)49-25-8-3-9-26-49/h1-42H. The molecule has 1 aliphatic rings. The first-order valence-electron chi connectivity index (χ1n) is 23.3. The van der Waals surface area contributed by atoms with Crippen LogP contribution in [0.3, 0.4) is 0 Å². The Morgan fingerprint density at radius 3 is 1.61 bits per heavy atom. The van der Waals surface area contributed by atoms with Crippen LogP contribution >= 0.6 is 0 Å². The zero-order valence-corrected chi connectivity index (χ0v) is 36.6. The Bertz CT molecular complexity index is 4040. The lowest BCUT2D eigenvalue weighted by Gasteiger charge is -2.33. The molecule has 2 aromatic heterocycles. The number of para-hydroxylation sites is 1. The number of benzene rings is 11. The number of aromatic nitrogens is 2. The maximum Gasteiger partial charge on any atom is 0.0714 e. The summed E-state index contributed by atoms with van der Waals surface area (Å²) in [5.41, 5.74) is 19.2. The van der Waals surface area contributed by atoms with Crippen molar-refractivity contribution in [1.82, 2.24) is 9.13 Å². The fourth-order valence-corrected chi connectivity index (χ4v) is 11.8. The number of nitrogens with zero attached hydrogens (tertiary/aromatic N) is 2. The monoisotopic (exact) mass is 850 g/mol. The lowest BCUT2D eigenvalue weighted by atomic mass is 9.67. The van der Waals surface area contributed by atoms with E-state index in [4.69, 9.17) is 0 Å². The van der Waals surface area contributed by atoms with Gasteiger partial charge in [-0.2, -0.15) is 0 Å². The van der Waals surface area contributed by atoms with Crippen LogP contribution in [0.5, 0.6) is 0 Å². The van der Waals surface area contributed by atoms with Crippen molar-refractivity contribution in [3.05, 3.63) is 277 Å². The Balaban J connectivity index is 1.03. The highest BCUT2D eigenvalue weighted by Gasteiger charge is 2.47. The zero-order chi connectivity index (χ0) is 44.1. The van der Waals surface area contributed by atoms with Crippen LogP contribution in [0.1, 0.15) is 22.3 Å². The first kappa shape index (κ1) is 37.6. The summed E-state index contributed by atoms with van der Waals surface area (Å²) in [5.74, 6) is 0. The Hall–Kier alpha value is -8.72. The summed E-state index contributed by atoms with van der Waals surface area (Å²) in [6.07, 6.45) is 0. The van der Waals surface area contributed by atoms with E-state index >= 15 is 0 Å². The molecule has 0 spiro atoms. The molecule has 0 bridgehead atoms. The molecule has 2 heteroatoms. The molecule has 0 saturated heterocycles. The number of rotatable bonds is 6. The highest BCUT2D eigenvalue weighted by molar-refractivity contribution is 6.18. The van der Waals surface area contributed by atoms with E-state index in [1.54, 1.807) is 0 Å². The first-order chi connectivity index (χ1) is 33.3. The van der Waals surface area contributed by atoms with Gasteiger partial charge in [0.15, 0.2) is 0 Å². The van der Waals surface area contributed by atoms with Gasteiger partial charge in [-0.3, -0.25) is 0 Å². The molecule has 11 aromatic carbocycles. The van der Waals surface area contributed by atoms with E-state index in [1.165, 1.54) is 116 Å². The van der Waals surface area contributed by atoms with Crippen LogP contribution in [0.15, 0.2) is 255 Å². The minimum absolute atomic E-state index is 0.509. The summed E-state index contributed by atoms with van der Waals surface area (Å²) in [7, 11) is 0. The van der Waals surface area contributed by atoms with Gasteiger partial charge in [0.1, 0.15) is 0 Å². The first-order valence-corrected chi connectivity index (χ1v) is 23.3. The van der Waals surface area contributed by atoms with E-state index in [-0.39, 0.29) is 0 Å². The van der Waals surface area contributed by atoms with Crippen molar-refractivity contribution in [3.8, 4) is 44.8 Å². The van der Waals surface area contributed by atoms with Crippen LogP contribution in [-0.4, -0.2) is 9.13 Å². The predicted octanol–water partition coefficient (Wildman–Crippen LogP) is 16.7. The number of hydrogen-bond acceptors (Lipinski definition) is 0. The van der Waals surface area contributed by atoms with Crippen LogP contribution in [0.25, 0.3) is 99.1 Å². The molecule has 13 aromatic rings. The second-order valence-corrected chi connectivity index (χ2v) is 18.0. The van der Waals surface area contributed by atoms with Crippen LogP contribution in [0.2, 0.25) is 0 Å². The van der Waals surface area contributed by atoms with Gasteiger partial charge >= 0.3 is 0 Å². The molecule has 14 rings (SSSR count). The minimum Gasteiger partial charge on any atom is -0.309 e. The summed E-state index contributed by atoms with van der Waals surface area (Å²) in [6, 6.07) is 94.4. The second-order valence-electron chi connectivity index (χ2n) is 18.0. The van der Waals surface area contributed by atoms with E-state index < -0.39 is 5.41 Å². The maximum atomic E-state index is 2.57. The molecule has 312 valence electrons. The van der Waals surface area contributed by atoms with Gasteiger partial charge in [0, 0.05) is 38.2 Å². The smallest absolute Gasteiger partial charge is 0.0714 e. The molecule has 0 N–H and O–H groups in total. The third kappa shape index (κ3) is 5.45. The third-order valence-corrected chi connectivity index (χ3v) is 14.6. The normalized spacial score (nSPS) is 12.9. The van der Waals surface area contributed by atoms with Crippen molar-refractivity contribution >= 4 is 54.4 Å². The van der Waals surface area contributed by atoms with Crippen molar-refractivity contribution in [1.29, 1.82) is 0 Å². The Labute approximate surface area is 388 Å². The maximum absolute atomic E-state index is 2.57. The quantitative estimate of drug-likeness (QED) is 0.158. The number of fused-ring (bicyclic) bond motifs is 11. The molecule has 0 atom stereocenters. The van der Waals surface area contributed by atoms with Crippen LogP contribution < -0.4 is 0 Å². The van der Waals surface area contributed by atoms with Crippen LogP contribution in [0, 0.1) is 0 Å². The average molecular weight is 851 g/mol. The molecule has 1 aliphatic carbocycles. The molecule has 0 unspecified atom stereocenters. The zero-order valence-electron chi connectivity index (χ0n) is 36.6. The summed E-state index contributed by atoms with van der Waals surface area (Å²) >= 11 is 0. The fourth-order valence-electron chi connectivity index (χ4n) is 11.8. The summed E-state index contributed by atoms with van der Waals surface area (Å²) in [5, 5.41) is 7.41. The Morgan fingerprint density at radius 2 is 0.851 bits per heavy atom. The minimum atomic E-state index is -0.509. The van der Waals surface area contributed by atoms with Crippen molar-refractivity contribution < 1.29 is 0 Å². The molecule has 0 amide bonds. The van der Waals surface area contributed by atoms with Gasteiger partial charge in [-0.25, -0.2) is 0 Å². The van der Waals surface area contributed by atoms with Crippen LogP contribution in [0.4, 0.5) is 0 Å². The SMILES string of the molecule is c1ccc(-c2cccc(-n3c4ccccc4c4cc(-c5ccc6c(c5)c5ccc7c(c5n6-c5cccc6ccccc56)-c5ccccc5C7(c5ccccc5)c5ccccc5)ccc43)c2)cc1. The highest BCUT2D eigenvalue weighted by Crippen LogP contribution is 2.59. The van der Waals surface area contributed by atoms with Gasteiger partial charge in [0.2, 0.25) is 0 Å². The second kappa shape index (κ2) is 14.7. The predicted molar refractivity (Wildman–Crippen MR) is 281 cm³/mol. The van der Waals surface area contributed by atoms with E-state index in [0.29, 0.717) is 0 Å². The molecule has 0 fully saturated rings. The van der Waals surface area contributed by atoms with Gasteiger partial charge in [0.05, 0.1) is 33.2 Å². The molecular formula is C65H42N2. The van der Waals surface area contributed by atoms with Crippen molar-refractivity contribution in [2.45, 2.75) is 5.41 Å². The molecule has 0 saturated carbocycles. The van der Waals surface area contributed by atoms with Crippen molar-refractivity contribution in [2.75, 3.05) is 0 Å². The lowest BCUT2D eigenvalue weighted by molar-refractivity contribution is 0.769. The third-order valence-electron chi connectivity index (χ3n) is 14.6. The highest BCUT2D eigenvalue weighted by atomic mass is 15.0. The van der Waals surface area contributed by atoms with Crippen LogP contribution in [-0.2, 0) is 5.41 Å². The Morgan fingerprint density at radius 1 is 0.299 bits per heavy atom. The van der Waals surface area contributed by atoms with Gasteiger partial charge < -0.3 is 9.13 Å².